The maximum atomic E-state index is 9.10. The highest BCUT2D eigenvalue weighted by Crippen LogP contribution is 2.41. The molecule has 0 N–H and O–H groups in total. The molecular weight excluding hydrogens is 420 g/mol. The molecule has 0 saturated carbocycles. The topological polar surface area (TPSA) is 71.3 Å². The Hall–Kier alpha value is -2.24. The number of rotatable bonds is 4. The molecule has 1 aromatic carbocycles. The molecule has 0 bridgehead atoms. The van der Waals surface area contributed by atoms with E-state index in [0.717, 1.165) is 55.2 Å². The van der Waals surface area contributed by atoms with Gasteiger partial charge in [-0.25, -0.2) is 4.98 Å². The van der Waals surface area contributed by atoms with Crippen LogP contribution in [-0.4, -0.2) is 41.2 Å². The Bertz CT molecular complexity index is 1130. The van der Waals surface area contributed by atoms with Gasteiger partial charge in [0.05, 0.1) is 41.8 Å². The Labute approximate surface area is 184 Å². The van der Waals surface area contributed by atoms with Gasteiger partial charge in [-0.3, -0.25) is 4.90 Å². The van der Waals surface area contributed by atoms with E-state index in [9.17, 15) is 0 Å². The smallest absolute Gasteiger partial charge is 0.231 e. The van der Waals surface area contributed by atoms with Gasteiger partial charge in [-0.2, -0.15) is 10.2 Å². The van der Waals surface area contributed by atoms with Gasteiger partial charge in [-0.1, -0.05) is 11.6 Å². The largest absolute Gasteiger partial charge is 0.437 e. The number of aryl methyl sites for hydroxylation is 2. The van der Waals surface area contributed by atoms with Crippen LogP contribution in [0.5, 0.6) is 11.6 Å². The van der Waals surface area contributed by atoms with Crippen LogP contribution in [0.1, 0.15) is 34.7 Å². The summed E-state index contributed by atoms with van der Waals surface area (Å²) in [5.74, 6) is 1.82. The number of benzene rings is 1. The Kier molecular flexibility index (Phi) is 5.57. The summed E-state index contributed by atoms with van der Waals surface area (Å²) in [6, 6.07) is 7.16. The minimum Gasteiger partial charge on any atom is -0.437 e. The Morgan fingerprint density at radius 3 is 2.83 bits per heavy atom. The first-order valence-corrected chi connectivity index (χ1v) is 11.4. The van der Waals surface area contributed by atoms with E-state index in [0.29, 0.717) is 28.8 Å². The van der Waals surface area contributed by atoms with Crippen LogP contribution in [0.3, 0.4) is 0 Å². The van der Waals surface area contributed by atoms with Gasteiger partial charge in [0.2, 0.25) is 5.88 Å². The van der Waals surface area contributed by atoms with Crippen molar-refractivity contribution < 1.29 is 9.47 Å². The van der Waals surface area contributed by atoms with Crippen molar-refractivity contribution in [2.75, 3.05) is 26.3 Å². The number of halogens is 1. The summed E-state index contributed by atoms with van der Waals surface area (Å²) in [5, 5.41) is 10.5. The number of morpholine rings is 1. The lowest BCUT2D eigenvalue weighted by Gasteiger charge is -2.25. The van der Waals surface area contributed by atoms with Crippen LogP contribution in [0.2, 0.25) is 5.02 Å². The standard InChI is InChI=1S/C22H21ClN4O2S/c23-16-11-14(12-24)5-6-17(16)29-21-20-15-3-1-2-4-18(15)30-22(20)26-19(25-21)13-27-7-9-28-10-8-27/h5-6,11H,1-4,7-10,13H2. The number of nitriles is 1. The van der Waals surface area contributed by atoms with E-state index in [1.165, 1.54) is 23.3 Å². The van der Waals surface area contributed by atoms with Crippen LogP contribution in [0.15, 0.2) is 18.2 Å². The summed E-state index contributed by atoms with van der Waals surface area (Å²) < 4.78 is 11.7. The van der Waals surface area contributed by atoms with E-state index in [1.54, 1.807) is 29.5 Å². The molecule has 2 aliphatic rings. The second-order valence-electron chi connectivity index (χ2n) is 7.58. The second kappa shape index (κ2) is 8.48. The first-order valence-electron chi connectivity index (χ1n) is 10.2. The number of fused-ring (bicyclic) bond motifs is 3. The normalized spacial score (nSPS) is 16.9. The molecule has 6 nitrogen and oxygen atoms in total. The number of hydrogen-bond donors (Lipinski definition) is 0. The van der Waals surface area contributed by atoms with Crippen LogP contribution < -0.4 is 4.74 Å². The van der Waals surface area contributed by atoms with Gasteiger partial charge in [0.1, 0.15) is 16.4 Å². The number of nitrogens with zero attached hydrogens (tertiary/aromatic N) is 4. The van der Waals surface area contributed by atoms with E-state index >= 15 is 0 Å². The van der Waals surface area contributed by atoms with Gasteiger partial charge < -0.3 is 9.47 Å². The lowest BCUT2D eigenvalue weighted by Crippen LogP contribution is -2.36. The third-order valence-electron chi connectivity index (χ3n) is 5.56. The highest BCUT2D eigenvalue weighted by Gasteiger charge is 2.24. The van der Waals surface area contributed by atoms with Gasteiger partial charge in [0.25, 0.3) is 0 Å². The van der Waals surface area contributed by atoms with Gasteiger partial charge in [0, 0.05) is 18.0 Å². The van der Waals surface area contributed by atoms with Crippen molar-refractivity contribution in [3.63, 3.8) is 0 Å². The fourth-order valence-electron chi connectivity index (χ4n) is 4.03. The summed E-state index contributed by atoms with van der Waals surface area (Å²) in [5.41, 5.74) is 1.82. The third-order valence-corrected chi connectivity index (χ3v) is 7.05. The second-order valence-corrected chi connectivity index (χ2v) is 9.07. The van der Waals surface area contributed by atoms with Crippen molar-refractivity contribution >= 4 is 33.2 Å². The summed E-state index contributed by atoms with van der Waals surface area (Å²) >= 11 is 8.14. The molecule has 1 saturated heterocycles. The zero-order chi connectivity index (χ0) is 20.5. The molecule has 0 spiro atoms. The van der Waals surface area contributed by atoms with Gasteiger partial charge in [-0.15, -0.1) is 11.3 Å². The van der Waals surface area contributed by atoms with Crippen molar-refractivity contribution in [3.8, 4) is 17.7 Å². The molecule has 1 fully saturated rings. The average Bonchev–Trinajstić information content (AvgIpc) is 3.14. The number of hydrogen-bond acceptors (Lipinski definition) is 7. The molecule has 1 aliphatic heterocycles. The minimum absolute atomic E-state index is 0.402. The molecule has 0 amide bonds. The maximum absolute atomic E-state index is 9.10. The first kappa shape index (κ1) is 19.7. The van der Waals surface area contributed by atoms with Gasteiger partial charge >= 0.3 is 0 Å². The third kappa shape index (κ3) is 3.88. The van der Waals surface area contributed by atoms with Crippen LogP contribution in [0.25, 0.3) is 10.2 Å². The molecule has 0 atom stereocenters. The quantitative estimate of drug-likeness (QED) is 0.584. The lowest BCUT2D eigenvalue weighted by atomic mass is 9.97. The summed E-state index contributed by atoms with van der Waals surface area (Å²) in [4.78, 5) is 14.4. The lowest BCUT2D eigenvalue weighted by molar-refractivity contribution is 0.0330. The summed E-state index contributed by atoms with van der Waals surface area (Å²) in [7, 11) is 0. The molecular formula is C22H21ClN4O2S. The van der Waals surface area contributed by atoms with E-state index in [-0.39, 0.29) is 0 Å². The van der Waals surface area contributed by atoms with Crippen molar-refractivity contribution in [3.05, 3.63) is 45.1 Å². The zero-order valence-electron chi connectivity index (χ0n) is 16.5. The Morgan fingerprint density at radius 2 is 2.03 bits per heavy atom. The maximum Gasteiger partial charge on any atom is 0.231 e. The number of thiophene rings is 1. The predicted octanol–water partition coefficient (Wildman–Crippen LogP) is 4.72. The van der Waals surface area contributed by atoms with E-state index in [1.807, 2.05) is 0 Å². The van der Waals surface area contributed by atoms with Gasteiger partial charge in [0.15, 0.2) is 0 Å². The molecule has 0 radical (unpaired) electrons. The molecule has 3 aromatic rings. The monoisotopic (exact) mass is 440 g/mol. The van der Waals surface area contributed by atoms with Crippen LogP contribution >= 0.6 is 22.9 Å². The number of aromatic nitrogens is 2. The molecule has 30 heavy (non-hydrogen) atoms. The Balaban J connectivity index is 1.56. The summed E-state index contributed by atoms with van der Waals surface area (Å²) in [6.07, 6.45) is 4.50. The fourth-order valence-corrected chi connectivity index (χ4v) is 5.52. The van der Waals surface area contributed by atoms with Gasteiger partial charge in [-0.05, 0) is 49.4 Å². The molecule has 2 aromatic heterocycles. The molecule has 1 aliphatic carbocycles. The van der Waals surface area contributed by atoms with E-state index in [2.05, 4.69) is 11.0 Å². The highest BCUT2D eigenvalue weighted by atomic mass is 35.5. The van der Waals surface area contributed by atoms with Crippen LogP contribution in [-0.2, 0) is 24.1 Å². The van der Waals surface area contributed by atoms with Crippen LogP contribution in [0.4, 0.5) is 0 Å². The van der Waals surface area contributed by atoms with Crippen molar-refractivity contribution in [1.82, 2.24) is 14.9 Å². The molecule has 3 heterocycles. The number of ether oxygens (including phenoxy) is 2. The van der Waals surface area contributed by atoms with E-state index in [4.69, 9.17) is 36.3 Å². The zero-order valence-corrected chi connectivity index (χ0v) is 18.1. The highest BCUT2D eigenvalue weighted by molar-refractivity contribution is 7.18. The first-order chi connectivity index (χ1) is 14.7. The van der Waals surface area contributed by atoms with Crippen molar-refractivity contribution in [2.24, 2.45) is 0 Å². The van der Waals surface area contributed by atoms with Crippen molar-refractivity contribution in [2.45, 2.75) is 32.2 Å². The average molecular weight is 441 g/mol. The molecule has 0 unspecified atom stereocenters. The minimum atomic E-state index is 0.402. The SMILES string of the molecule is N#Cc1ccc(Oc2nc(CN3CCOCC3)nc3sc4c(c23)CCCC4)c(Cl)c1. The predicted molar refractivity (Wildman–Crippen MR) is 116 cm³/mol. The molecule has 8 heteroatoms. The summed E-state index contributed by atoms with van der Waals surface area (Å²) in [6.45, 7) is 3.89. The van der Waals surface area contributed by atoms with E-state index < -0.39 is 0 Å². The van der Waals surface area contributed by atoms with Crippen LogP contribution in [0, 0.1) is 11.3 Å². The molecule has 154 valence electrons. The van der Waals surface area contributed by atoms with Crippen molar-refractivity contribution in [1.29, 1.82) is 5.26 Å². The fraction of sp³-hybridized carbons (Fsp3) is 0.409. The Morgan fingerprint density at radius 1 is 1.20 bits per heavy atom. The molecule has 5 rings (SSSR count).